The summed E-state index contributed by atoms with van der Waals surface area (Å²) >= 11 is 8.73. The molecule has 1 aromatic heterocycles. The molecule has 1 N–H and O–H groups in total. The topological polar surface area (TPSA) is 54.9 Å². The highest BCUT2D eigenvalue weighted by molar-refractivity contribution is 9.10. The van der Waals surface area contributed by atoms with Crippen LogP contribution in [0.2, 0.25) is 5.15 Å². The minimum atomic E-state index is -0.197. The summed E-state index contributed by atoms with van der Waals surface area (Å²) in [7, 11) is 0. The number of aromatic nitrogens is 2. The third-order valence-electron chi connectivity index (χ3n) is 1.03. The third kappa shape index (κ3) is 2.42. The van der Waals surface area contributed by atoms with Gasteiger partial charge in [0.1, 0.15) is 4.60 Å². The Labute approximate surface area is 82.5 Å². The smallest absolute Gasteiger partial charge is 0.221 e. The maximum atomic E-state index is 10.6. The highest BCUT2D eigenvalue weighted by atomic mass is 79.9. The lowest BCUT2D eigenvalue weighted by Crippen LogP contribution is -2.07. The molecule has 0 spiro atoms. The van der Waals surface area contributed by atoms with Crippen molar-refractivity contribution in [1.82, 2.24) is 10.2 Å². The molecule has 0 aliphatic rings. The van der Waals surface area contributed by atoms with Gasteiger partial charge in [-0.1, -0.05) is 11.6 Å². The Balaban J connectivity index is 2.97. The summed E-state index contributed by atoms with van der Waals surface area (Å²) in [5, 5.41) is 9.90. The lowest BCUT2D eigenvalue weighted by Gasteiger charge is -2.02. The molecule has 0 radical (unpaired) electrons. The molecule has 1 amide bonds. The van der Waals surface area contributed by atoms with Crippen LogP contribution >= 0.6 is 27.5 Å². The Morgan fingerprint density at radius 1 is 1.67 bits per heavy atom. The van der Waals surface area contributed by atoms with E-state index in [1.807, 2.05) is 0 Å². The Bertz CT molecular complexity index is 318. The average molecular weight is 250 g/mol. The second-order valence-corrected chi connectivity index (χ2v) is 3.22. The minimum Gasteiger partial charge on any atom is -0.324 e. The number of halogens is 2. The highest BCUT2D eigenvalue weighted by Crippen LogP contribution is 2.20. The maximum absolute atomic E-state index is 10.6. The van der Waals surface area contributed by atoms with Crippen molar-refractivity contribution in [1.29, 1.82) is 0 Å². The second-order valence-electron chi connectivity index (χ2n) is 2.05. The van der Waals surface area contributed by atoms with Gasteiger partial charge in [0.25, 0.3) is 0 Å². The molecule has 0 saturated carbocycles. The molecule has 4 nitrogen and oxygen atoms in total. The van der Waals surface area contributed by atoms with Gasteiger partial charge in [-0.05, 0) is 22.0 Å². The predicted molar refractivity (Wildman–Crippen MR) is 49.0 cm³/mol. The predicted octanol–water partition coefficient (Wildman–Crippen LogP) is 1.85. The number of hydrogen-bond acceptors (Lipinski definition) is 3. The van der Waals surface area contributed by atoms with Crippen molar-refractivity contribution in [2.24, 2.45) is 0 Å². The SMILES string of the molecule is CC(=O)Nc1cc(Br)nnc1Cl. The quantitative estimate of drug-likeness (QED) is 0.827. The minimum absolute atomic E-state index is 0.174. The second kappa shape index (κ2) is 3.82. The standard InChI is InChI=1S/C6H5BrClN3O/c1-3(12)9-4-2-5(7)10-11-6(4)8/h2H,1H3,(H,9,10,12). The van der Waals surface area contributed by atoms with Crippen molar-refractivity contribution >= 4 is 39.1 Å². The van der Waals surface area contributed by atoms with Crippen molar-refractivity contribution in [2.75, 3.05) is 5.32 Å². The molecule has 0 saturated heterocycles. The number of rotatable bonds is 1. The van der Waals surface area contributed by atoms with Gasteiger partial charge >= 0.3 is 0 Å². The maximum Gasteiger partial charge on any atom is 0.221 e. The lowest BCUT2D eigenvalue weighted by atomic mass is 10.4. The number of amides is 1. The van der Waals surface area contributed by atoms with Crippen LogP contribution in [0.15, 0.2) is 10.7 Å². The molecule has 0 atom stereocenters. The average Bonchev–Trinajstić information content (AvgIpc) is 1.96. The summed E-state index contributed by atoms with van der Waals surface area (Å²) in [6.45, 7) is 1.39. The summed E-state index contributed by atoms with van der Waals surface area (Å²) < 4.78 is 0.524. The van der Waals surface area contributed by atoms with Crippen LogP contribution in [0.3, 0.4) is 0 Å². The molecule has 0 unspecified atom stereocenters. The van der Waals surface area contributed by atoms with Crippen LogP contribution < -0.4 is 5.32 Å². The van der Waals surface area contributed by atoms with Gasteiger partial charge in [0.2, 0.25) is 5.91 Å². The molecular weight excluding hydrogens is 245 g/mol. The monoisotopic (exact) mass is 249 g/mol. The van der Waals surface area contributed by atoms with E-state index < -0.39 is 0 Å². The van der Waals surface area contributed by atoms with E-state index in [0.29, 0.717) is 10.3 Å². The molecule has 12 heavy (non-hydrogen) atoms. The van der Waals surface area contributed by atoms with Crippen molar-refractivity contribution in [3.63, 3.8) is 0 Å². The van der Waals surface area contributed by atoms with Crippen molar-refractivity contribution in [3.8, 4) is 0 Å². The fraction of sp³-hybridized carbons (Fsp3) is 0.167. The van der Waals surface area contributed by atoms with Gasteiger partial charge in [-0.15, -0.1) is 10.2 Å². The number of carbonyl (C=O) groups excluding carboxylic acids is 1. The fourth-order valence-corrected chi connectivity index (χ4v) is 1.08. The van der Waals surface area contributed by atoms with Crippen LogP contribution in [0.1, 0.15) is 6.92 Å². The van der Waals surface area contributed by atoms with Crippen LogP contribution in [-0.2, 0) is 4.79 Å². The van der Waals surface area contributed by atoms with Crippen LogP contribution in [0, 0.1) is 0 Å². The summed E-state index contributed by atoms with van der Waals surface area (Å²) in [4.78, 5) is 10.6. The first-order valence-corrected chi connectivity index (χ1v) is 4.23. The van der Waals surface area contributed by atoms with Crippen LogP contribution in [-0.4, -0.2) is 16.1 Å². The third-order valence-corrected chi connectivity index (χ3v) is 1.70. The van der Waals surface area contributed by atoms with Gasteiger partial charge in [0, 0.05) is 6.92 Å². The van der Waals surface area contributed by atoms with Gasteiger partial charge in [-0.2, -0.15) is 0 Å². The summed E-state index contributed by atoms with van der Waals surface area (Å²) in [6.07, 6.45) is 0. The molecule has 1 rings (SSSR count). The Hall–Kier alpha value is -0.680. The van der Waals surface area contributed by atoms with Gasteiger partial charge < -0.3 is 5.32 Å². The first-order chi connectivity index (χ1) is 5.59. The first-order valence-electron chi connectivity index (χ1n) is 3.06. The lowest BCUT2D eigenvalue weighted by molar-refractivity contribution is -0.114. The summed E-state index contributed by atoms with van der Waals surface area (Å²) in [6, 6.07) is 1.58. The molecule has 0 aromatic carbocycles. The molecule has 1 aromatic rings. The summed E-state index contributed by atoms with van der Waals surface area (Å²) in [5.41, 5.74) is 0.450. The Kier molecular flexibility index (Phi) is 2.99. The van der Waals surface area contributed by atoms with E-state index >= 15 is 0 Å². The van der Waals surface area contributed by atoms with Crippen molar-refractivity contribution in [2.45, 2.75) is 6.92 Å². The zero-order valence-corrected chi connectivity index (χ0v) is 8.48. The van der Waals surface area contributed by atoms with Gasteiger partial charge in [0.15, 0.2) is 5.15 Å². The van der Waals surface area contributed by atoms with Gasteiger partial charge in [-0.25, -0.2) is 0 Å². The van der Waals surface area contributed by atoms with Gasteiger partial charge in [-0.3, -0.25) is 4.79 Å². The number of nitrogens with one attached hydrogen (secondary N) is 1. The van der Waals surface area contributed by atoms with Crippen molar-refractivity contribution < 1.29 is 4.79 Å². The van der Waals surface area contributed by atoms with E-state index in [1.54, 1.807) is 6.07 Å². The Morgan fingerprint density at radius 3 is 2.92 bits per heavy atom. The molecule has 6 heteroatoms. The summed E-state index contributed by atoms with van der Waals surface area (Å²) in [5.74, 6) is -0.197. The number of hydrogen-bond donors (Lipinski definition) is 1. The molecule has 64 valence electrons. The molecule has 1 heterocycles. The Morgan fingerprint density at radius 2 is 2.33 bits per heavy atom. The molecule has 0 bridgehead atoms. The number of nitrogens with zero attached hydrogens (tertiary/aromatic N) is 2. The van der Waals surface area contributed by atoms with Crippen molar-refractivity contribution in [3.05, 3.63) is 15.8 Å². The molecule has 0 aliphatic carbocycles. The molecule has 0 fully saturated rings. The van der Waals surface area contributed by atoms with E-state index in [9.17, 15) is 4.79 Å². The normalized spacial score (nSPS) is 9.58. The number of carbonyl (C=O) groups is 1. The van der Waals surface area contributed by atoms with Crippen LogP contribution in [0.25, 0.3) is 0 Å². The van der Waals surface area contributed by atoms with E-state index in [2.05, 4.69) is 31.4 Å². The zero-order valence-electron chi connectivity index (χ0n) is 6.14. The zero-order chi connectivity index (χ0) is 9.14. The van der Waals surface area contributed by atoms with Crippen LogP contribution in [0.5, 0.6) is 0 Å². The largest absolute Gasteiger partial charge is 0.324 e. The van der Waals surface area contributed by atoms with E-state index in [1.165, 1.54) is 6.92 Å². The first kappa shape index (κ1) is 9.41. The molecular formula is C6H5BrClN3O. The number of anilines is 1. The van der Waals surface area contributed by atoms with Crippen LogP contribution in [0.4, 0.5) is 5.69 Å². The fourth-order valence-electron chi connectivity index (χ4n) is 0.630. The van der Waals surface area contributed by atoms with E-state index in [0.717, 1.165) is 0 Å². The van der Waals surface area contributed by atoms with Gasteiger partial charge in [0.05, 0.1) is 5.69 Å². The highest BCUT2D eigenvalue weighted by Gasteiger charge is 2.04. The van der Waals surface area contributed by atoms with E-state index in [-0.39, 0.29) is 11.1 Å². The van der Waals surface area contributed by atoms with E-state index in [4.69, 9.17) is 11.6 Å². The molecule has 0 aliphatic heterocycles.